The van der Waals surface area contributed by atoms with Crippen molar-refractivity contribution in [2.45, 2.75) is 38.6 Å². The maximum absolute atomic E-state index is 12.8. The number of fused-ring (bicyclic) bond motifs is 3. The maximum Gasteiger partial charge on any atom is 0.185 e. The van der Waals surface area contributed by atoms with Crippen LogP contribution >= 0.6 is 0 Å². The van der Waals surface area contributed by atoms with E-state index in [2.05, 4.69) is 47.4 Å². The van der Waals surface area contributed by atoms with Crippen LogP contribution in [0.25, 0.3) is 0 Å². The summed E-state index contributed by atoms with van der Waals surface area (Å²) in [5.74, 6) is 0.474. The molecule has 0 amide bonds. The van der Waals surface area contributed by atoms with Gasteiger partial charge in [0, 0.05) is 45.7 Å². The Morgan fingerprint density at radius 2 is 2.15 bits per heavy atom. The van der Waals surface area contributed by atoms with Crippen LogP contribution in [-0.4, -0.2) is 46.6 Å². The third kappa shape index (κ3) is 3.21. The van der Waals surface area contributed by atoms with Crippen LogP contribution < -0.4 is 5.32 Å². The Morgan fingerprint density at radius 3 is 2.92 bits per heavy atom. The summed E-state index contributed by atoms with van der Waals surface area (Å²) in [7, 11) is 1.86. The van der Waals surface area contributed by atoms with Crippen molar-refractivity contribution in [2.75, 3.05) is 26.2 Å². The first-order chi connectivity index (χ1) is 12.5. The number of benzene rings is 1. The van der Waals surface area contributed by atoms with Crippen molar-refractivity contribution in [3.05, 3.63) is 52.3 Å². The molecule has 0 bridgehead atoms. The molecule has 2 aromatic rings. The Bertz CT molecular complexity index is 823. The molecule has 1 N–H and O–H groups in total. The van der Waals surface area contributed by atoms with Crippen molar-refractivity contribution in [1.82, 2.24) is 20.0 Å². The first kappa shape index (κ1) is 17.4. The van der Waals surface area contributed by atoms with E-state index in [4.69, 9.17) is 0 Å². The predicted octanol–water partition coefficient (Wildman–Crippen LogP) is 2.47. The van der Waals surface area contributed by atoms with Gasteiger partial charge in [0.15, 0.2) is 5.78 Å². The molecule has 1 atom stereocenters. The number of nitrogens with zero attached hydrogens (tertiary/aromatic N) is 3. The van der Waals surface area contributed by atoms with Crippen LogP contribution in [0.5, 0.6) is 0 Å². The fourth-order valence-corrected chi connectivity index (χ4v) is 4.20. The third-order valence-corrected chi connectivity index (χ3v) is 5.73. The minimum Gasteiger partial charge on any atom is -0.314 e. The third-order valence-electron chi connectivity index (χ3n) is 5.73. The normalized spacial score (nSPS) is 20.1. The fourth-order valence-electron chi connectivity index (χ4n) is 4.20. The van der Waals surface area contributed by atoms with Crippen LogP contribution in [0.2, 0.25) is 0 Å². The van der Waals surface area contributed by atoms with E-state index in [1.807, 2.05) is 13.1 Å². The largest absolute Gasteiger partial charge is 0.314 e. The van der Waals surface area contributed by atoms with Crippen LogP contribution in [-0.2, 0) is 19.9 Å². The van der Waals surface area contributed by atoms with E-state index in [9.17, 15) is 4.79 Å². The molecule has 0 spiro atoms. The lowest BCUT2D eigenvalue weighted by Gasteiger charge is -2.41. The van der Waals surface area contributed by atoms with Crippen LogP contribution in [0, 0.1) is 0 Å². The zero-order valence-electron chi connectivity index (χ0n) is 16.0. The van der Waals surface area contributed by atoms with Gasteiger partial charge in [-0.05, 0) is 35.1 Å². The van der Waals surface area contributed by atoms with E-state index < -0.39 is 0 Å². The molecule has 0 saturated carbocycles. The van der Waals surface area contributed by atoms with Crippen molar-refractivity contribution >= 4 is 5.78 Å². The molecule has 5 nitrogen and oxygen atoms in total. The zero-order valence-corrected chi connectivity index (χ0v) is 16.0. The number of piperazine rings is 1. The molecule has 1 saturated heterocycles. The molecule has 0 unspecified atom stereocenters. The van der Waals surface area contributed by atoms with E-state index in [0.29, 0.717) is 24.1 Å². The van der Waals surface area contributed by atoms with E-state index in [1.165, 1.54) is 11.1 Å². The topological polar surface area (TPSA) is 50.2 Å². The molecule has 0 aliphatic carbocycles. The van der Waals surface area contributed by atoms with Gasteiger partial charge in [0.05, 0.1) is 5.69 Å². The fraction of sp³-hybridized carbons (Fsp3) is 0.524. The Balaban J connectivity index is 1.53. The lowest BCUT2D eigenvalue weighted by molar-refractivity contribution is 0.0984. The summed E-state index contributed by atoms with van der Waals surface area (Å²) in [6.07, 6.45) is 1.52. The second kappa shape index (κ2) is 6.97. The molecule has 3 heterocycles. The van der Waals surface area contributed by atoms with Crippen molar-refractivity contribution in [3.63, 3.8) is 0 Å². The Kier molecular flexibility index (Phi) is 4.67. The Labute approximate surface area is 155 Å². The van der Waals surface area contributed by atoms with E-state index in [-0.39, 0.29) is 5.78 Å². The zero-order chi connectivity index (χ0) is 18.3. The molecule has 0 radical (unpaired) electrons. The van der Waals surface area contributed by atoms with Crippen LogP contribution in [0.4, 0.5) is 0 Å². The van der Waals surface area contributed by atoms with Crippen LogP contribution in [0.15, 0.2) is 24.3 Å². The molecule has 2 aliphatic rings. The molecule has 26 heavy (non-hydrogen) atoms. The molecule has 5 heteroatoms. The van der Waals surface area contributed by atoms with E-state index in [0.717, 1.165) is 43.9 Å². The van der Waals surface area contributed by atoms with Gasteiger partial charge in [-0.2, -0.15) is 5.10 Å². The molecule has 1 fully saturated rings. The van der Waals surface area contributed by atoms with Gasteiger partial charge in [-0.15, -0.1) is 0 Å². The number of nitrogens with one attached hydrogen (secondary N) is 1. The van der Waals surface area contributed by atoms with Crippen LogP contribution in [0.1, 0.15) is 58.7 Å². The summed E-state index contributed by atoms with van der Waals surface area (Å²) in [6, 6.07) is 9.05. The van der Waals surface area contributed by atoms with Crippen molar-refractivity contribution in [1.29, 1.82) is 0 Å². The van der Waals surface area contributed by atoms with Gasteiger partial charge in [-0.1, -0.05) is 32.0 Å². The average molecular weight is 352 g/mol. The van der Waals surface area contributed by atoms with Crippen LogP contribution in [0.3, 0.4) is 0 Å². The quantitative estimate of drug-likeness (QED) is 0.859. The number of carbonyl (C=O) groups is 1. The molecular formula is C21H28N4O. The lowest BCUT2D eigenvalue weighted by atomic mass is 9.89. The van der Waals surface area contributed by atoms with Gasteiger partial charge in [0.25, 0.3) is 0 Å². The van der Waals surface area contributed by atoms with Gasteiger partial charge < -0.3 is 5.32 Å². The Hall–Kier alpha value is -1.98. The summed E-state index contributed by atoms with van der Waals surface area (Å²) < 4.78 is 1.72. The van der Waals surface area contributed by atoms with Crippen molar-refractivity contribution in [3.8, 4) is 0 Å². The summed E-state index contributed by atoms with van der Waals surface area (Å²) in [5, 5.41) is 7.98. The summed E-state index contributed by atoms with van der Waals surface area (Å²) in [6.45, 7) is 8.56. The standard InChI is InChI=1S/C21H28N4O/c1-14(2)18-12-19(24(3)23-18)21(26)11-15-4-5-17-16(10-15)6-8-25-9-7-22-13-20(17)25/h4-5,10,12,14,20,22H,6-9,11,13H2,1-3H3/t20-/m0/s1. The van der Waals surface area contributed by atoms with Gasteiger partial charge in [-0.25, -0.2) is 0 Å². The summed E-state index contributed by atoms with van der Waals surface area (Å²) in [4.78, 5) is 15.4. The van der Waals surface area contributed by atoms with Crippen molar-refractivity contribution in [2.24, 2.45) is 7.05 Å². The SMILES string of the molecule is CC(C)c1cc(C(=O)Cc2ccc3c(c2)CCN2CCNC[C@@H]32)n(C)n1. The number of ketones is 1. The molecule has 1 aromatic heterocycles. The highest BCUT2D eigenvalue weighted by Crippen LogP contribution is 2.31. The second-order valence-corrected chi connectivity index (χ2v) is 7.87. The summed E-state index contributed by atoms with van der Waals surface area (Å²) >= 11 is 0. The average Bonchev–Trinajstić information content (AvgIpc) is 3.03. The number of Topliss-reactive ketones (excluding diaryl/α,β-unsaturated/α-hetero) is 1. The number of aromatic nitrogens is 2. The maximum atomic E-state index is 12.8. The first-order valence-electron chi connectivity index (χ1n) is 9.66. The monoisotopic (exact) mass is 352 g/mol. The number of hydrogen-bond donors (Lipinski definition) is 1. The number of carbonyl (C=O) groups excluding carboxylic acids is 1. The smallest absolute Gasteiger partial charge is 0.185 e. The molecule has 2 aliphatic heterocycles. The molecule has 1 aromatic carbocycles. The molecular weight excluding hydrogens is 324 g/mol. The molecule has 138 valence electrons. The van der Waals surface area contributed by atoms with Gasteiger partial charge in [0.2, 0.25) is 0 Å². The Morgan fingerprint density at radius 1 is 1.31 bits per heavy atom. The van der Waals surface area contributed by atoms with Gasteiger partial charge in [-0.3, -0.25) is 14.4 Å². The highest BCUT2D eigenvalue weighted by molar-refractivity contribution is 5.96. The minimum absolute atomic E-state index is 0.142. The highest BCUT2D eigenvalue weighted by atomic mass is 16.1. The van der Waals surface area contributed by atoms with Gasteiger partial charge >= 0.3 is 0 Å². The predicted molar refractivity (Wildman–Crippen MR) is 103 cm³/mol. The number of aryl methyl sites for hydroxylation is 1. The highest BCUT2D eigenvalue weighted by Gasteiger charge is 2.29. The summed E-state index contributed by atoms with van der Waals surface area (Å²) in [5.41, 5.74) is 5.63. The van der Waals surface area contributed by atoms with Gasteiger partial charge in [0.1, 0.15) is 5.69 Å². The first-order valence-corrected chi connectivity index (χ1v) is 9.66. The second-order valence-electron chi connectivity index (χ2n) is 7.87. The molecule has 4 rings (SSSR count). The van der Waals surface area contributed by atoms with E-state index >= 15 is 0 Å². The minimum atomic E-state index is 0.142. The number of rotatable bonds is 4. The van der Waals surface area contributed by atoms with E-state index in [1.54, 1.807) is 4.68 Å². The van der Waals surface area contributed by atoms with Crippen molar-refractivity contribution < 1.29 is 4.79 Å². The lowest BCUT2D eigenvalue weighted by Crippen LogP contribution is -2.48. The number of hydrogen-bond acceptors (Lipinski definition) is 4.